The number of unbranched alkanes of at least 4 members (excludes halogenated alkanes) is 15. The average molecular weight is 1000 g/mol. The lowest BCUT2D eigenvalue weighted by Crippen LogP contribution is -2.52. The number of azide groups is 1. The maximum absolute atomic E-state index is 13.5. The fourth-order valence-electron chi connectivity index (χ4n) is 8.25. The lowest BCUT2D eigenvalue weighted by atomic mass is 9.85. The highest BCUT2D eigenvalue weighted by molar-refractivity contribution is 7.47. The predicted molar refractivity (Wildman–Crippen MR) is 247 cm³/mol. The smallest absolute Gasteiger partial charge is 0.384 e. The number of aromatic amines is 1. The van der Waals surface area contributed by atoms with Gasteiger partial charge in [-0.2, -0.15) is 4.98 Å². The van der Waals surface area contributed by atoms with E-state index in [2.05, 4.69) is 26.9 Å². The first kappa shape index (κ1) is 56.8. The molecule has 4 rings (SSSR count). The molecule has 0 radical (unpaired) electrons. The van der Waals surface area contributed by atoms with E-state index in [1.54, 1.807) is 0 Å². The van der Waals surface area contributed by atoms with Gasteiger partial charge in [0.15, 0.2) is 11.8 Å². The summed E-state index contributed by atoms with van der Waals surface area (Å²) in [6.07, 6.45) is 17.2. The van der Waals surface area contributed by atoms with Crippen LogP contribution in [-0.2, 0) is 36.9 Å². The molecule has 0 spiro atoms. The Labute approximate surface area is 394 Å². The lowest BCUT2D eigenvalue weighted by Gasteiger charge is -2.37. The molecule has 0 aromatic carbocycles. The molecule has 4 heterocycles. The zero-order valence-corrected chi connectivity index (χ0v) is 40.5. The van der Waals surface area contributed by atoms with Crippen molar-refractivity contribution >= 4 is 21.5 Å². The Bertz CT molecular complexity index is 2280. The molecule has 0 saturated carbocycles. The van der Waals surface area contributed by atoms with Gasteiger partial charge in [0.2, 0.25) is 0 Å². The van der Waals surface area contributed by atoms with Crippen molar-refractivity contribution in [2.75, 3.05) is 32.2 Å². The fraction of sp³-hybridized carbons (Fsp3) is 0.762. The third kappa shape index (κ3) is 17.3. The second-order valence-electron chi connectivity index (χ2n) is 17.5. The van der Waals surface area contributed by atoms with E-state index in [4.69, 9.17) is 39.9 Å². The van der Waals surface area contributed by atoms with Gasteiger partial charge in [-0.05, 0) is 24.9 Å². The third-order valence-electron chi connectivity index (χ3n) is 12.0. The number of nitrogen functional groups attached to an aromatic ring is 1. The number of aliphatic hydroxyl groups is 2. The fourth-order valence-corrected chi connectivity index (χ4v) is 9.74. The van der Waals surface area contributed by atoms with Crippen LogP contribution >= 0.6 is 15.6 Å². The van der Waals surface area contributed by atoms with Crippen molar-refractivity contribution in [2.45, 2.75) is 177 Å². The Balaban J connectivity index is 1.44. The van der Waals surface area contributed by atoms with Crippen molar-refractivity contribution in [3.8, 4) is 12.3 Å². The number of phosphoric acid groups is 2. The molecular formula is C42H68N8O16P2. The normalized spacial score (nSPS) is 24.6. The highest BCUT2D eigenvalue weighted by Crippen LogP contribution is 2.51. The van der Waals surface area contributed by atoms with Gasteiger partial charge in [-0.3, -0.25) is 32.5 Å². The molecule has 0 bridgehead atoms. The first-order valence-corrected chi connectivity index (χ1v) is 26.2. The molecule has 26 heteroatoms. The Hall–Kier alpha value is -3.75. The summed E-state index contributed by atoms with van der Waals surface area (Å²) >= 11 is 0. The summed E-state index contributed by atoms with van der Waals surface area (Å²) in [5, 5.41) is 26.5. The molecule has 2 fully saturated rings. The minimum absolute atomic E-state index is 0.0274. The Morgan fingerprint density at radius 1 is 0.985 bits per heavy atom. The van der Waals surface area contributed by atoms with Crippen molar-refractivity contribution < 1.29 is 61.8 Å². The molecule has 2 aromatic heterocycles. The number of hydrogen-bond acceptors (Lipinski definition) is 16. The van der Waals surface area contributed by atoms with Crippen molar-refractivity contribution in [3.05, 3.63) is 65.8 Å². The minimum atomic E-state index is -5.59. The summed E-state index contributed by atoms with van der Waals surface area (Å²) in [6, 6.07) is 0.152. The number of anilines is 1. The molecule has 2 aliphatic rings. The molecule has 9 atom stereocenters. The van der Waals surface area contributed by atoms with E-state index in [9.17, 15) is 53.9 Å². The monoisotopic (exact) mass is 1000 g/mol. The maximum atomic E-state index is 13.5. The summed E-state index contributed by atoms with van der Waals surface area (Å²) < 4.78 is 61.3. The van der Waals surface area contributed by atoms with E-state index in [1.807, 2.05) is 5.92 Å². The Morgan fingerprint density at radius 3 is 2.15 bits per heavy atom. The molecule has 2 aliphatic heterocycles. The summed E-state index contributed by atoms with van der Waals surface area (Å²) in [4.78, 5) is 77.0. The van der Waals surface area contributed by atoms with E-state index in [-0.39, 0.29) is 24.4 Å². The largest absolute Gasteiger partial charge is 0.472 e. The zero-order chi connectivity index (χ0) is 50.0. The summed E-state index contributed by atoms with van der Waals surface area (Å²) in [7, 11) is -10.9. The van der Waals surface area contributed by atoms with Crippen molar-refractivity contribution in [1.82, 2.24) is 19.1 Å². The molecule has 24 nitrogen and oxygen atoms in total. The van der Waals surface area contributed by atoms with Gasteiger partial charge in [0.25, 0.3) is 5.56 Å². The second kappa shape index (κ2) is 27.0. The van der Waals surface area contributed by atoms with Crippen LogP contribution in [0.15, 0.2) is 38.0 Å². The van der Waals surface area contributed by atoms with E-state index in [0.717, 1.165) is 47.4 Å². The van der Waals surface area contributed by atoms with Gasteiger partial charge in [-0.25, -0.2) is 18.7 Å². The van der Waals surface area contributed by atoms with Crippen LogP contribution in [0.5, 0.6) is 0 Å². The van der Waals surface area contributed by atoms with Gasteiger partial charge in [0.05, 0.1) is 32.0 Å². The molecule has 0 amide bonds. The third-order valence-corrected chi connectivity index (χ3v) is 13.6. The van der Waals surface area contributed by atoms with Crippen molar-refractivity contribution in [3.63, 3.8) is 0 Å². The minimum Gasteiger partial charge on any atom is -0.384 e. The number of aryl methyl sites for hydroxylation is 1. The molecule has 9 unspecified atom stereocenters. The second-order valence-corrected chi connectivity index (χ2v) is 20.1. The number of aromatic nitrogens is 4. The molecule has 382 valence electrons. The molecule has 0 aliphatic carbocycles. The lowest BCUT2D eigenvalue weighted by molar-refractivity contribution is -0.124. The van der Waals surface area contributed by atoms with Gasteiger partial charge < -0.3 is 44.8 Å². The van der Waals surface area contributed by atoms with E-state index >= 15 is 0 Å². The number of terminal acetylenes is 1. The number of rotatable bonds is 32. The number of aliphatic hydroxyl groups excluding tert-OH is 1. The van der Waals surface area contributed by atoms with Crippen LogP contribution in [0.1, 0.15) is 141 Å². The quantitative estimate of drug-likeness (QED) is 0.0128. The number of nitrogens with two attached hydrogens (primary N) is 1. The number of nitrogens with one attached hydrogen (secondary N) is 1. The van der Waals surface area contributed by atoms with E-state index in [1.165, 1.54) is 83.4 Å². The molecular weight excluding hydrogens is 934 g/mol. The number of ether oxygens (including phenoxy) is 3. The maximum Gasteiger partial charge on any atom is 0.472 e. The predicted octanol–water partition coefficient (Wildman–Crippen LogP) is 4.92. The van der Waals surface area contributed by atoms with E-state index in [0.29, 0.717) is 6.42 Å². The van der Waals surface area contributed by atoms with Crippen LogP contribution in [0.25, 0.3) is 10.4 Å². The van der Waals surface area contributed by atoms with Gasteiger partial charge in [0.1, 0.15) is 29.9 Å². The first-order chi connectivity index (χ1) is 32.3. The highest BCUT2D eigenvalue weighted by Gasteiger charge is 2.59. The van der Waals surface area contributed by atoms with Gasteiger partial charge >= 0.3 is 27.0 Å². The number of phosphoric ester groups is 2. The molecule has 8 N–H and O–H groups in total. The number of H-pyrrole nitrogens is 1. The Kier molecular flexibility index (Phi) is 22.6. The van der Waals surface area contributed by atoms with Crippen LogP contribution in [0.4, 0.5) is 5.82 Å². The van der Waals surface area contributed by atoms with Gasteiger partial charge in [-0.15, -0.1) is 6.42 Å². The van der Waals surface area contributed by atoms with Crippen LogP contribution in [0.2, 0.25) is 0 Å². The summed E-state index contributed by atoms with van der Waals surface area (Å²) in [5.41, 5.74) is 7.33. The molecule has 2 aromatic rings. The van der Waals surface area contributed by atoms with Crippen molar-refractivity contribution in [2.24, 2.45) is 5.11 Å². The first-order valence-electron chi connectivity index (χ1n) is 23.1. The van der Waals surface area contributed by atoms with Crippen LogP contribution in [-0.4, -0.2) is 106 Å². The zero-order valence-electron chi connectivity index (χ0n) is 38.7. The SMILES string of the molecule is C#CC1(O)C(CC(COCCCCCCCCCCCCCCCCCC)(COP(=O)(O)OCC2OC(n3cc(C)c(=O)[nH]c3=O)CC2N=[N+]=[N-])OP(=O)(O)O)OC(n2ccc(N)nc2=O)C1O. The van der Waals surface area contributed by atoms with Gasteiger partial charge in [-0.1, -0.05) is 114 Å². The van der Waals surface area contributed by atoms with E-state index < -0.39 is 107 Å². The molecule has 2 saturated heterocycles. The Morgan fingerprint density at radius 2 is 1.59 bits per heavy atom. The van der Waals surface area contributed by atoms with Crippen molar-refractivity contribution in [1.29, 1.82) is 0 Å². The number of nitrogens with zero attached hydrogens (tertiary/aromatic N) is 6. The van der Waals surface area contributed by atoms with Gasteiger partial charge in [0, 0.05) is 42.3 Å². The average Bonchev–Trinajstić information content (AvgIpc) is 3.79. The summed E-state index contributed by atoms with van der Waals surface area (Å²) in [6.45, 7) is 0.948. The topological polar surface area (TPSA) is 355 Å². The highest BCUT2D eigenvalue weighted by atomic mass is 31.2. The van der Waals surface area contributed by atoms with Crippen LogP contribution in [0, 0.1) is 19.3 Å². The number of hydrogen-bond donors (Lipinski definition) is 7. The van der Waals surface area contributed by atoms with Crippen LogP contribution < -0.4 is 22.7 Å². The summed E-state index contributed by atoms with van der Waals surface area (Å²) in [5.74, 6) is 1.85. The standard InChI is InChI=1S/C42H68N8O16P2/c1-4-6-7-8-9-10-11-12-13-14-15-16-17-18-19-20-23-61-28-41(66-67(56,57)58,25-33-42(55,5-2)36(51)38(65-33)49-22-21-34(43)45-39(49)53)29-63-68(59,60)62-27-32-31(47-48-44)24-35(64-32)50-26-30(3)37(52)46-40(50)54/h2,21-22,26,31-33,35-36,38,51,55H,4,6-20,23-25,27-29H2,1,3H3,(H,59,60)(H2,43,45,53)(H,46,52,54)(H2,56,57,58). The van der Waals surface area contributed by atoms with Crippen LogP contribution in [0.3, 0.4) is 0 Å². The molecule has 68 heavy (non-hydrogen) atoms.